The van der Waals surface area contributed by atoms with Crippen molar-refractivity contribution in [2.24, 2.45) is 0 Å². The number of nitriles is 1. The first kappa shape index (κ1) is 26.5. The number of aromatic nitrogens is 1. The van der Waals surface area contributed by atoms with E-state index in [0.29, 0.717) is 22.1 Å². The highest BCUT2D eigenvalue weighted by molar-refractivity contribution is 7.19. The minimum Gasteiger partial charge on any atom is -0.467 e. The van der Waals surface area contributed by atoms with Crippen LogP contribution in [0, 0.1) is 11.3 Å². The summed E-state index contributed by atoms with van der Waals surface area (Å²) in [5, 5.41) is 14.9. The van der Waals surface area contributed by atoms with Crippen LogP contribution in [-0.4, -0.2) is 32.8 Å². The second-order valence-corrected chi connectivity index (χ2v) is 10.3. The quantitative estimate of drug-likeness (QED) is 0.131. The normalized spacial score (nSPS) is 11.7. The average molecular weight is 559 g/mol. The smallest absolute Gasteiger partial charge is 0.188 e. The minimum absolute atomic E-state index is 0.0221. The number of hydrogen-bond acceptors (Lipinski definition) is 7. The molecule has 0 unspecified atom stereocenters. The number of para-hydroxylation sites is 1. The molecule has 6 nitrogen and oxygen atoms in total. The molecule has 0 atom stereocenters. The molecule has 1 heterocycles. The van der Waals surface area contributed by atoms with E-state index in [1.807, 2.05) is 72.8 Å². The van der Waals surface area contributed by atoms with Gasteiger partial charge in [0.1, 0.15) is 22.6 Å². The summed E-state index contributed by atoms with van der Waals surface area (Å²) in [6, 6.07) is 32.6. The molecule has 0 aliphatic carbocycles. The molecule has 0 spiro atoms. The van der Waals surface area contributed by atoms with Crippen LogP contribution >= 0.6 is 11.3 Å². The van der Waals surface area contributed by atoms with E-state index >= 15 is 0 Å². The molecule has 0 amide bonds. The number of allylic oxidation sites excluding steroid dienone is 1. The first-order valence-corrected chi connectivity index (χ1v) is 13.8. The highest BCUT2D eigenvalue weighted by Crippen LogP contribution is 2.48. The van der Waals surface area contributed by atoms with Gasteiger partial charge < -0.3 is 18.9 Å². The highest BCUT2D eigenvalue weighted by atomic mass is 32.1. The molecule has 0 bridgehead atoms. The van der Waals surface area contributed by atoms with Crippen LogP contribution in [0.15, 0.2) is 91.0 Å². The van der Waals surface area contributed by atoms with E-state index in [4.69, 9.17) is 23.9 Å². The molecule has 0 N–H and O–H groups in total. The molecule has 6 rings (SSSR count). The molecule has 41 heavy (non-hydrogen) atoms. The van der Waals surface area contributed by atoms with Crippen LogP contribution in [0.4, 0.5) is 0 Å². The van der Waals surface area contributed by atoms with Crippen LogP contribution in [0.3, 0.4) is 0 Å². The maximum atomic E-state index is 10.3. The van der Waals surface area contributed by atoms with Crippen LogP contribution in [0.1, 0.15) is 10.6 Å². The van der Waals surface area contributed by atoms with Crippen molar-refractivity contribution < 1.29 is 18.9 Å². The van der Waals surface area contributed by atoms with Gasteiger partial charge >= 0.3 is 0 Å². The Kier molecular flexibility index (Phi) is 7.61. The molecule has 1 aromatic heterocycles. The Morgan fingerprint density at radius 2 is 1.49 bits per heavy atom. The summed E-state index contributed by atoms with van der Waals surface area (Å²) in [5.74, 6) is 1.24. The highest BCUT2D eigenvalue weighted by Gasteiger charge is 2.22. The lowest BCUT2D eigenvalue weighted by Crippen LogP contribution is -2.05. The van der Waals surface area contributed by atoms with Crippen LogP contribution in [-0.2, 0) is 9.47 Å². The van der Waals surface area contributed by atoms with Gasteiger partial charge in [-0.2, -0.15) is 5.26 Å². The first-order valence-electron chi connectivity index (χ1n) is 13.0. The predicted octanol–water partition coefficient (Wildman–Crippen LogP) is 8.30. The zero-order valence-electron chi connectivity index (χ0n) is 22.6. The number of rotatable bonds is 9. The summed E-state index contributed by atoms with van der Waals surface area (Å²) in [5.41, 5.74) is 3.76. The number of fused-ring (bicyclic) bond motifs is 3. The summed E-state index contributed by atoms with van der Waals surface area (Å²) < 4.78 is 24.1. The number of nitrogens with zero attached hydrogens (tertiary/aromatic N) is 2. The van der Waals surface area contributed by atoms with Crippen molar-refractivity contribution in [3.05, 3.63) is 102 Å². The van der Waals surface area contributed by atoms with Crippen molar-refractivity contribution in [3.8, 4) is 28.7 Å². The Morgan fingerprint density at radius 1 is 0.805 bits per heavy atom. The second kappa shape index (κ2) is 11.8. The van der Waals surface area contributed by atoms with E-state index in [9.17, 15) is 5.26 Å². The molecule has 0 saturated carbocycles. The van der Waals surface area contributed by atoms with E-state index in [-0.39, 0.29) is 13.6 Å². The van der Waals surface area contributed by atoms with Crippen LogP contribution in [0.25, 0.3) is 54.5 Å². The Morgan fingerprint density at radius 3 is 2.24 bits per heavy atom. The Bertz CT molecular complexity index is 1920. The summed E-state index contributed by atoms with van der Waals surface area (Å²) in [7, 11) is 3.18. The maximum Gasteiger partial charge on any atom is 0.188 e. The number of ether oxygens (including phenoxy) is 4. The van der Waals surface area contributed by atoms with E-state index in [1.165, 1.54) is 11.3 Å². The number of benzene rings is 5. The fourth-order valence-electron chi connectivity index (χ4n) is 5.02. The lowest BCUT2D eigenvalue weighted by atomic mass is 9.90. The fourth-order valence-corrected chi connectivity index (χ4v) is 5.95. The minimum atomic E-state index is 0.0221. The zero-order chi connectivity index (χ0) is 28.2. The van der Waals surface area contributed by atoms with Gasteiger partial charge in [-0.25, -0.2) is 4.98 Å². The molecule has 0 saturated heterocycles. The maximum absolute atomic E-state index is 10.3. The molecule has 202 valence electrons. The van der Waals surface area contributed by atoms with E-state index in [2.05, 4.69) is 30.3 Å². The van der Waals surface area contributed by atoms with E-state index in [1.54, 1.807) is 14.2 Å². The third-order valence-electron chi connectivity index (χ3n) is 6.77. The molecule has 0 fully saturated rings. The predicted molar refractivity (Wildman–Crippen MR) is 165 cm³/mol. The van der Waals surface area contributed by atoms with E-state index in [0.717, 1.165) is 48.5 Å². The monoisotopic (exact) mass is 558 g/mol. The molecule has 6 aromatic rings. The SMILES string of the molecule is COCOc1ccc2ccccc2c1-c1c(OCOC)c(/C=C(\C#N)c2nc3ccccc3s2)cc2ccccc12. The van der Waals surface area contributed by atoms with Gasteiger partial charge in [-0.1, -0.05) is 66.7 Å². The van der Waals surface area contributed by atoms with Gasteiger partial charge in [0.15, 0.2) is 13.6 Å². The lowest BCUT2D eigenvalue weighted by molar-refractivity contribution is 0.0501. The fraction of sp³-hybridized carbons (Fsp3) is 0.118. The van der Waals surface area contributed by atoms with Gasteiger partial charge in [0.25, 0.3) is 0 Å². The number of hydrogen-bond donors (Lipinski definition) is 0. The van der Waals surface area contributed by atoms with Crippen molar-refractivity contribution in [1.29, 1.82) is 5.26 Å². The van der Waals surface area contributed by atoms with Gasteiger partial charge in [0.2, 0.25) is 0 Å². The van der Waals surface area contributed by atoms with Crippen molar-refractivity contribution in [2.75, 3.05) is 27.8 Å². The van der Waals surface area contributed by atoms with Gasteiger partial charge in [-0.05, 0) is 51.9 Å². The lowest BCUT2D eigenvalue weighted by Gasteiger charge is -2.21. The summed E-state index contributed by atoms with van der Waals surface area (Å²) in [6.45, 7) is 0.113. The largest absolute Gasteiger partial charge is 0.467 e. The Labute approximate surface area is 241 Å². The molecular formula is C34H26N2O4S. The molecule has 0 radical (unpaired) electrons. The third kappa shape index (κ3) is 5.12. The standard InChI is InChI=1S/C34H26N2O4S/c1-37-20-39-29-16-15-22-9-3-5-11-26(22)31(29)32-27-12-6-4-10-23(27)17-24(33(32)40-21-38-2)18-25(19-35)34-36-28-13-7-8-14-30(28)41-34/h3-18H,20-21H2,1-2H3/b25-18+. The molecule has 5 aromatic carbocycles. The van der Waals surface area contributed by atoms with Gasteiger partial charge in [-0.3, -0.25) is 0 Å². The molecule has 7 heteroatoms. The summed E-state index contributed by atoms with van der Waals surface area (Å²) in [4.78, 5) is 4.73. The van der Waals surface area contributed by atoms with Crippen LogP contribution < -0.4 is 9.47 Å². The summed E-state index contributed by atoms with van der Waals surface area (Å²) in [6.07, 6.45) is 1.85. The van der Waals surface area contributed by atoms with E-state index < -0.39 is 0 Å². The second-order valence-electron chi connectivity index (χ2n) is 9.31. The van der Waals surface area contributed by atoms with Crippen LogP contribution in [0.2, 0.25) is 0 Å². The Hall–Kier alpha value is -4.74. The van der Waals surface area contributed by atoms with Crippen LogP contribution in [0.5, 0.6) is 11.5 Å². The number of methoxy groups -OCH3 is 2. The first-order chi connectivity index (χ1) is 20.2. The van der Waals surface area contributed by atoms with Crippen molar-refractivity contribution in [1.82, 2.24) is 4.98 Å². The molecular weight excluding hydrogens is 532 g/mol. The topological polar surface area (TPSA) is 73.6 Å². The Balaban J connectivity index is 1.68. The molecule has 0 aliphatic heterocycles. The van der Waals surface area contributed by atoms with Gasteiger partial charge in [-0.15, -0.1) is 11.3 Å². The average Bonchev–Trinajstić information content (AvgIpc) is 3.45. The third-order valence-corrected chi connectivity index (χ3v) is 7.84. The van der Waals surface area contributed by atoms with Crippen molar-refractivity contribution in [3.63, 3.8) is 0 Å². The summed E-state index contributed by atoms with van der Waals surface area (Å²) >= 11 is 1.49. The number of thiazole rings is 1. The van der Waals surface area contributed by atoms with Gasteiger partial charge in [0.05, 0.1) is 15.8 Å². The zero-order valence-corrected chi connectivity index (χ0v) is 23.4. The van der Waals surface area contributed by atoms with Crippen molar-refractivity contribution in [2.45, 2.75) is 0 Å². The van der Waals surface area contributed by atoms with Gasteiger partial charge in [0, 0.05) is 30.9 Å². The molecule has 0 aliphatic rings. The van der Waals surface area contributed by atoms with Crippen molar-refractivity contribution >= 4 is 54.7 Å².